The Morgan fingerprint density at radius 1 is 1.46 bits per heavy atom. The first-order valence-corrected chi connectivity index (χ1v) is 6.17. The highest BCUT2D eigenvalue weighted by Crippen LogP contribution is 2.16. The zero-order valence-electron chi connectivity index (χ0n) is 9.39. The third kappa shape index (κ3) is 6.17. The summed E-state index contributed by atoms with van der Waals surface area (Å²) in [7, 11) is 0. The van der Waals surface area contributed by atoms with Crippen molar-refractivity contribution in [3.05, 3.63) is 12.2 Å². The Morgan fingerprint density at radius 2 is 2.08 bits per heavy atom. The summed E-state index contributed by atoms with van der Waals surface area (Å²) in [6.45, 7) is 13.8. The van der Waals surface area contributed by atoms with Crippen LogP contribution in [-0.4, -0.2) is 23.6 Å². The van der Waals surface area contributed by atoms with Gasteiger partial charge in [0.2, 0.25) is 0 Å². The summed E-state index contributed by atoms with van der Waals surface area (Å²) in [4.78, 5) is 0. The average Bonchev–Trinajstić information content (AvgIpc) is 2.11. The lowest BCUT2D eigenvalue weighted by Gasteiger charge is -2.19. The van der Waals surface area contributed by atoms with Crippen LogP contribution in [0.1, 0.15) is 34.1 Å². The Labute approximate surface area is 87.4 Å². The molecule has 0 aromatic heterocycles. The molecule has 0 spiro atoms. The van der Waals surface area contributed by atoms with E-state index >= 15 is 0 Å². The van der Waals surface area contributed by atoms with Crippen molar-refractivity contribution in [3.8, 4) is 0 Å². The molecule has 1 nitrogen and oxygen atoms in total. The average molecular weight is 201 g/mol. The number of hydrogen-bond acceptors (Lipinski definition) is 2. The van der Waals surface area contributed by atoms with Crippen LogP contribution in [-0.2, 0) is 0 Å². The summed E-state index contributed by atoms with van der Waals surface area (Å²) in [6.07, 6.45) is 1.25. The van der Waals surface area contributed by atoms with Gasteiger partial charge in [0.05, 0.1) is 0 Å². The lowest BCUT2D eigenvalue weighted by Crippen LogP contribution is -2.32. The maximum Gasteiger partial charge on any atom is 0.0365 e. The van der Waals surface area contributed by atoms with Gasteiger partial charge in [0.1, 0.15) is 0 Å². The molecule has 0 heterocycles. The topological polar surface area (TPSA) is 12.0 Å². The fraction of sp³-hybridized carbons (Fsp3) is 0.818. The fourth-order valence-corrected chi connectivity index (χ4v) is 2.16. The summed E-state index contributed by atoms with van der Waals surface area (Å²) >= 11 is 2.03. The first-order valence-electron chi connectivity index (χ1n) is 5.12. The monoisotopic (exact) mass is 201 g/mol. The smallest absolute Gasteiger partial charge is 0.0365 e. The molecule has 0 fully saturated rings. The van der Waals surface area contributed by atoms with Crippen molar-refractivity contribution in [2.45, 2.75) is 45.4 Å². The van der Waals surface area contributed by atoms with Crippen LogP contribution >= 0.6 is 11.8 Å². The van der Waals surface area contributed by atoms with Gasteiger partial charge < -0.3 is 5.32 Å². The Morgan fingerprint density at radius 3 is 2.46 bits per heavy atom. The summed E-state index contributed by atoms with van der Waals surface area (Å²) < 4.78 is 0. The maximum absolute atomic E-state index is 4.00. The number of likely N-dealkylation sites (N-methyl/N-ethyl adjacent to an activating group) is 1. The van der Waals surface area contributed by atoms with E-state index in [0.29, 0.717) is 6.04 Å². The highest BCUT2D eigenvalue weighted by Gasteiger charge is 2.09. The van der Waals surface area contributed by atoms with Crippen LogP contribution in [0.2, 0.25) is 0 Å². The number of rotatable bonds is 7. The van der Waals surface area contributed by atoms with Gasteiger partial charge in [-0.3, -0.25) is 0 Å². The molecule has 0 saturated heterocycles. The van der Waals surface area contributed by atoms with E-state index in [1.807, 2.05) is 11.8 Å². The van der Waals surface area contributed by atoms with E-state index in [4.69, 9.17) is 0 Å². The molecular weight excluding hydrogens is 178 g/mol. The molecule has 0 aliphatic rings. The van der Waals surface area contributed by atoms with Crippen LogP contribution in [0.25, 0.3) is 0 Å². The molecule has 0 bridgehead atoms. The number of hydrogen-bond donors (Lipinski definition) is 1. The van der Waals surface area contributed by atoms with Gasteiger partial charge in [-0.25, -0.2) is 0 Å². The second-order valence-electron chi connectivity index (χ2n) is 3.51. The van der Waals surface area contributed by atoms with E-state index in [-0.39, 0.29) is 0 Å². The Balaban J connectivity index is 3.75. The number of thioether (sulfide) groups is 1. The van der Waals surface area contributed by atoms with Gasteiger partial charge in [-0.2, -0.15) is 11.8 Å². The third-order valence-corrected chi connectivity index (χ3v) is 3.60. The number of nitrogens with one attached hydrogen (secondary N) is 1. The van der Waals surface area contributed by atoms with Gasteiger partial charge in [0, 0.05) is 17.0 Å². The van der Waals surface area contributed by atoms with Gasteiger partial charge >= 0.3 is 0 Å². The molecule has 0 aliphatic heterocycles. The first-order chi connectivity index (χ1) is 6.11. The van der Waals surface area contributed by atoms with E-state index in [1.54, 1.807) is 0 Å². The van der Waals surface area contributed by atoms with E-state index in [1.165, 1.54) is 12.0 Å². The summed E-state index contributed by atoms with van der Waals surface area (Å²) in [5, 5.41) is 4.21. The van der Waals surface area contributed by atoms with Crippen molar-refractivity contribution in [2.24, 2.45) is 0 Å². The van der Waals surface area contributed by atoms with Crippen molar-refractivity contribution >= 4 is 11.8 Å². The molecule has 13 heavy (non-hydrogen) atoms. The minimum Gasteiger partial charge on any atom is -0.310 e. The Bertz CT molecular complexity index is 145. The van der Waals surface area contributed by atoms with Crippen LogP contribution in [0.4, 0.5) is 0 Å². The minimum atomic E-state index is 0.490. The summed E-state index contributed by atoms with van der Waals surface area (Å²) in [5.74, 6) is 1.15. The predicted molar refractivity (Wildman–Crippen MR) is 64.5 cm³/mol. The molecule has 2 heteroatoms. The molecule has 0 aromatic carbocycles. The van der Waals surface area contributed by atoms with Crippen molar-refractivity contribution in [1.82, 2.24) is 5.32 Å². The second kappa shape index (κ2) is 7.45. The zero-order chi connectivity index (χ0) is 10.3. The van der Waals surface area contributed by atoms with Crippen molar-refractivity contribution in [1.29, 1.82) is 0 Å². The molecule has 0 aromatic rings. The lowest BCUT2D eigenvalue weighted by atomic mass is 10.2. The molecule has 78 valence electrons. The van der Waals surface area contributed by atoms with E-state index in [0.717, 1.165) is 17.5 Å². The predicted octanol–water partition coefficient (Wildman–Crippen LogP) is 3.07. The molecule has 0 saturated carbocycles. The van der Waals surface area contributed by atoms with Crippen LogP contribution in [0, 0.1) is 0 Å². The van der Waals surface area contributed by atoms with Gasteiger partial charge in [-0.05, 0) is 19.9 Å². The molecular formula is C11H23NS. The zero-order valence-corrected chi connectivity index (χ0v) is 10.2. The van der Waals surface area contributed by atoms with Crippen molar-refractivity contribution in [2.75, 3.05) is 12.3 Å². The normalized spacial score (nSPS) is 15.4. The van der Waals surface area contributed by atoms with Gasteiger partial charge in [0.25, 0.3) is 0 Å². The highest BCUT2D eigenvalue weighted by molar-refractivity contribution is 7.99. The molecule has 2 unspecified atom stereocenters. The second-order valence-corrected chi connectivity index (χ2v) is 4.98. The SMILES string of the molecule is C=C(C)C(CSC(C)CC)NCC. The van der Waals surface area contributed by atoms with Crippen LogP contribution < -0.4 is 5.32 Å². The van der Waals surface area contributed by atoms with Gasteiger partial charge in [-0.1, -0.05) is 32.9 Å². The molecule has 0 radical (unpaired) electrons. The summed E-state index contributed by atoms with van der Waals surface area (Å²) in [5.41, 5.74) is 1.25. The van der Waals surface area contributed by atoms with Crippen LogP contribution in [0.15, 0.2) is 12.2 Å². The minimum absolute atomic E-state index is 0.490. The maximum atomic E-state index is 4.00. The highest BCUT2D eigenvalue weighted by atomic mass is 32.2. The van der Waals surface area contributed by atoms with E-state index in [2.05, 4.69) is 39.6 Å². The van der Waals surface area contributed by atoms with Crippen LogP contribution in [0.3, 0.4) is 0 Å². The lowest BCUT2D eigenvalue weighted by molar-refractivity contribution is 0.641. The Hall–Kier alpha value is 0.0500. The first kappa shape index (κ1) is 13.1. The molecule has 2 atom stereocenters. The largest absolute Gasteiger partial charge is 0.310 e. The van der Waals surface area contributed by atoms with Crippen molar-refractivity contribution in [3.63, 3.8) is 0 Å². The van der Waals surface area contributed by atoms with Crippen LogP contribution in [0.5, 0.6) is 0 Å². The fourth-order valence-electron chi connectivity index (χ4n) is 1.00. The summed E-state index contributed by atoms with van der Waals surface area (Å²) in [6, 6.07) is 0.490. The van der Waals surface area contributed by atoms with E-state index < -0.39 is 0 Å². The quantitative estimate of drug-likeness (QED) is 0.635. The van der Waals surface area contributed by atoms with Crippen molar-refractivity contribution < 1.29 is 0 Å². The Kier molecular flexibility index (Phi) is 7.48. The van der Waals surface area contributed by atoms with Gasteiger partial charge in [0.15, 0.2) is 0 Å². The third-order valence-electron chi connectivity index (χ3n) is 2.17. The van der Waals surface area contributed by atoms with Gasteiger partial charge in [-0.15, -0.1) is 0 Å². The standard InChI is InChI=1S/C11H23NS/c1-6-10(5)13-8-11(9(3)4)12-7-2/h10-12H,3,6-8H2,1-2,4-5H3. The molecule has 0 aliphatic carbocycles. The molecule has 1 N–H and O–H groups in total. The molecule has 0 rings (SSSR count). The molecule has 0 amide bonds. The van der Waals surface area contributed by atoms with E-state index in [9.17, 15) is 0 Å².